The fourth-order valence-corrected chi connectivity index (χ4v) is 7.52. The third kappa shape index (κ3) is 3.52. The summed E-state index contributed by atoms with van der Waals surface area (Å²) in [5.41, 5.74) is 6.05. The van der Waals surface area contributed by atoms with Crippen LogP contribution in [0.4, 0.5) is 10.5 Å². The Morgan fingerprint density at radius 1 is 1.06 bits per heavy atom. The predicted molar refractivity (Wildman–Crippen MR) is 137 cm³/mol. The molecule has 2 aliphatic rings. The van der Waals surface area contributed by atoms with Crippen LogP contribution < -0.4 is 5.32 Å². The Balaban J connectivity index is 1.48. The molecule has 4 aromatic rings. The van der Waals surface area contributed by atoms with Crippen LogP contribution in [0, 0.1) is 0 Å². The fourth-order valence-electron chi connectivity index (χ4n) is 5.27. The number of aryl methyl sites for hydroxylation is 2. The van der Waals surface area contributed by atoms with Crippen molar-refractivity contribution >= 4 is 34.4 Å². The summed E-state index contributed by atoms with van der Waals surface area (Å²) in [4.78, 5) is 18.7. The minimum absolute atomic E-state index is 0.0364. The molecule has 4 heterocycles. The number of benzene rings is 1. The second-order valence-corrected chi connectivity index (χ2v) is 10.8. The van der Waals surface area contributed by atoms with Gasteiger partial charge < -0.3 is 14.8 Å². The van der Waals surface area contributed by atoms with Crippen LogP contribution in [0.3, 0.4) is 0 Å². The van der Waals surface area contributed by atoms with Gasteiger partial charge in [0, 0.05) is 27.2 Å². The van der Waals surface area contributed by atoms with E-state index in [4.69, 9.17) is 0 Å². The van der Waals surface area contributed by atoms with E-state index in [1.54, 1.807) is 11.3 Å². The number of fused-ring (bicyclic) bond motifs is 5. The van der Waals surface area contributed by atoms with Crippen molar-refractivity contribution < 1.29 is 4.79 Å². The van der Waals surface area contributed by atoms with Gasteiger partial charge in [-0.3, -0.25) is 0 Å². The summed E-state index contributed by atoms with van der Waals surface area (Å²) >= 11 is 3.65. The number of rotatable bonds is 3. The Labute approximate surface area is 202 Å². The number of amides is 2. The van der Waals surface area contributed by atoms with E-state index >= 15 is 0 Å². The predicted octanol–water partition coefficient (Wildman–Crippen LogP) is 7.18. The van der Waals surface area contributed by atoms with E-state index in [-0.39, 0.29) is 12.1 Å². The van der Waals surface area contributed by atoms with Crippen LogP contribution in [0.15, 0.2) is 60.1 Å². The van der Waals surface area contributed by atoms with Gasteiger partial charge in [0.1, 0.15) is 11.0 Å². The van der Waals surface area contributed by atoms with Crippen LogP contribution in [0.25, 0.3) is 5.00 Å². The molecule has 1 aliphatic heterocycles. The largest absolute Gasteiger partial charge is 0.323 e. The maximum absolute atomic E-state index is 13.9. The third-order valence-electron chi connectivity index (χ3n) is 6.89. The zero-order chi connectivity index (χ0) is 22.4. The van der Waals surface area contributed by atoms with Crippen LogP contribution >= 0.6 is 22.7 Å². The van der Waals surface area contributed by atoms with Crippen LogP contribution in [0.5, 0.6) is 0 Å². The Hall–Kier alpha value is -2.83. The van der Waals surface area contributed by atoms with Crippen LogP contribution in [0.2, 0.25) is 0 Å². The van der Waals surface area contributed by atoms with E-state index in [0.29, 0.717) is 6.54 Å². The van der Waals surface area contributed by atoms with Crippen molar-refractivity contribution in [1.82, 2.24) is 9.47 Å². The summed E-state index contributed by atoms with van der Waals surface area (Å²) in [5.74, 6) is 0. The highest BCUT2D eigenvalue weighted by Crippen LogP contribution is 2.44. The van der Waals surface area contributed by atoms with E-state index in [2.05, 4.69) is 63.6 Å². The number of aromatic nitrogens is 1. The third-order valence-corrected chi connectivity index (χ3v) is 9.15. The minimum atomic E-state index is -0.118. The number of nitrogens with one attached hydrogen (secondary N) is 1. The molecular weight excluding hydrogens is 446 g/mol. The molecule has 0 fully saturated rings. The Bertz CT molecular complexity index is 1300. The van der Waals surface area contributed by atoms with Gasteiger partial charge >= 0.3 is 6.03 Å². The molecule has 0 unspecified atom stereocenters. The first-order valence-electron chi connectivity index (χ1n) is 11.7. The molecule has 1 N–H and O–H groups in total. The number of hydrogen-bond acceptors (Lipinski definition) is 3. The molecule has 3 aromatic heterocycles. The molecular formula is C27H27N3OS2. The van der Waals surface area contributed by atoms with E-state index in [0.717, 1.165) is 36.2 Å². The Morgan fingerprint density at radius 3 is 2.79 bits per heavy atom. The molecule has 2 amide bonds. The zero-order valence-corrected chi connectivity index (χ0v) is 20.3. The summed E-state index contributed by atoms with van der Waals surface area (Å²) in [6.45, 7) is 2.76. The Kier molecular flexibility index (Phi) is 5.35. The number of nitrogens with zero attached hydrogens (tertiary/aromatic N) is 2. The maximum atomic E-state index is 13.9. The van der Waals surface area contributed by atoms with E-state index in [9.17, 15) is 4.79 Å². The highest BCUT2D eigenvalue weighted by molar-refractivity contribution is 7.15. The molecule has 168 valence electrons. The van der Waals surface area contributed by atoms with Gasteiger partial charge in [0.15, 0.2) is 0 Å². The number of carbonyl (C=O) groups is 1. The molecule has 0 spiro atoms. The lowest BCUT2D eigenvalue weighted by Crippen LogP contribution is -2.38. The molecule has 33 heavy (non-hydrogen) atoms. The normalized spacial score (nSPS) is 17.1. The van der Waals surface area contributed by atoms with Crippen molar-refractivity contribution in [1.29, 1.82) is 0 Å². The molecule has 1 atom stereocenters. The number of hydrogen-bond donors (Lipinski definition) is 1. The van der Waals surface area contributed by atoms with Crippen LogP contribution in [0.1, 0.15) is 57.9 Å². The first-order valence-corrected chi connectivity index (χ1v) is 13.4. The second kappa shape index (κ2) is 8.50. The van der Waals surface area contributed by atoms with Crippen molar-refractivity contribution in [2.75, 3.05) is 5.32 Å². The zero-order valence-electron chi connectivity index (χ0n) is 18.7. The van der Waals surface area contributed by atoms with Crippen molar-refractivity contribution in [2.45, 2.75) is 51.6 Å². The molecule has 6 rings (SSSR count). The van der Waals surface area contributed by atoms with Gasteiger partial charge in [0.05, 0.1) is 12.2 Å². The lowest BCUT2D eigenvalue weighted by molar-refractivity contribution is 0.195. The smallest absolute Gasteiger partial charge is 0.310 e. The first-order chi connectivity index (χ1) is 16.2. The molecule has 0 saturated carbocycles. The van der Waals surface area contributed by atoms with Gasteiger partial charge in [-0.15, -0.1) is 22.7 Å². The number of anilines is 1. The highest BCUT2D eigenvalue weighted by atomic mass is 32.1. The summed E-state index contributed by atoms with van der Waals surface area (Å²) in [5, 5.41) is 6.67. The summed E-state index contributed by atoms with van der Waals surface area (Å²) in [6, 6.07) is 16.5. The topological polar surface area (TPSA) is 37.3 Å². The van der Waals surface area contributed by atoms with Crippen molar-refractivity contribution in [3.8, 4) is 5.00 Å². The van der Waals surface area contributed by atoms with Crippen molar-refractivity contribution in [3.05, 3.63) is 92.2 Å². The van der Waals surface area contributed by atoms with Crippen molar-refractivity contribution in [2.24, 2.45) is 0 Å². The number of carbonyl (C=O) groups excluding carboxylic acids is 1. The summed E-state index contributed by atoms with van der Waals surface area (Å²) in [6.07, 6.45) is 7.84. The lowest BCUT2D eigenvalue weighted by Gasteiger charge is -2.30. The monoisotopic (exact) mass is 473 g/mol. The molecule has 4 nitrogen and oxygen atoms in total. The Morgan fingerprint density at radius 2 is 1.94 bits per heavy atom. The summed E-state index contributed by atoms with van der Waals surface area (Å²) in [7, 11) is 0. The van der Waals surface area contributed by atoms with Gasteiger partial charge in [-0.05, 0) is 72.9 Å². The lowest BCUT2D eigenvalue weighted by atomic mass is 9.95. The van der Waals surface area contributed by atoms with E-state index in [1.807, 2.05) is 29.5 Å². The fraction of sp³-hybridized carbons (Fsp3) is 0.296. The van der Waals surface area contributed by atoms with Gasteiger partial charge in [0.25, 0.3) is 0 Å². The number of urea groups is 1. The summed E-state index contributed by atoms with van der Waals surface area (Å²) < 4.78 is 2.34. The van der Waals surface area contributed by atoms with Gasteiger partial charge in [0.2, 0.25) is 0 Å². The van der Waals surface area contributed by atoms with Crippen LogP contribution in [-0.4, -0.2) is 15.5 Å². The van der Waals surface area contributed by atoms with Gasteiger partial charge in [-0.2, -0.15) is 0 Å². The molecule has 6 heteroatoms. The van der Waals surface area contributed by atoms with Crippen LogP contribution in [-0.2, 0) is 25.8 Å². The molecule has 0 bridgehead atoms. The van der Waals surface area contributed by atoms with Gasteiger partial charge in [-0.25, -0.2) is 4.79 Å². The van der Waals surface area contributed by atoms with E-state index in [1.165, 1.54) is 38.7 Å². The molecule has 0 saturated heterocycles. The molecule has 0 radical (unpaired) electrons. The highest BCUT2D eigenvalue weighted by Gasteiger charge is 2.36. The standard InChI is InChI=1S/C27H27N3OS2/c1-2-18-9-3-5-11-21(18)28-27(31)30-17-20-19-10-4-6-13-23(19)33-26(20)29-15-7-12-22(29)25(30)24-14-8-16-32-24/h3,5,7-9,11-12,14-16,25H,2,4,6,10,13,17H2,1H3,(H,28,31)/t25-/m1/s1. The molecule has 1 aliphatic carbocycles. The average molecular weight is 474 g/mol. The minimum Gasteiger partial charge on any atom is -0.310 e. The SMILES string of the molecule is CCc1ccccc1NC(=O)N1Cc2c(sc3c2CCCC3)-n2cccc2[C@@H]1c1cccs1. The molecule has 1 aromatic carbocycles. The van der Waals surface area contributed by atoms with E-state index < -0.39 is 0 Å². The number of para-hydroxylation sites is 1. The average Bonchev–Trinajstić information content (AvgIpc) is 3.59. The van der Waals surface area contributed by atoms with Gasteiger partial charge in [-0.1, -0.05) is 31.2 Å². The number of thiophene rings is 2. The quantitative estimate of drug-likeness (QED) is 0.336. The maximum Gasteiger partial charge on any atom is 0.323 e. The van der Waals surface area contributed by atoms with Crippen molar-refractivity contribution in [3.63, 3.8) is 0 Å². The second-order valence-electron chi connectivity index (χ2n) is 8.78. The first kappa shape index (κ1) is 20.8.